The molecule has 4 rings (SSSR count). The quantitative estimate of drug-likeness (QED) is 0.206. The van der Waals surface area contributed by atoms with Crippen LogP contribution in [0.2, 0.25) is 0 Å². The molecule has 0 aliphatic carbocycles. The second-order valence-electron chi connectivity index (χ2n) is 6.59. The van der Waals surface area contributed by atoms with Crippen LogP contribution in [0, 0.1) is 11.3 Å². The number of benzene rings is 1. The van der Waals surface area contributed by atoms with Gasteiger partial charge >= 0.3 is 5.97 Å². The summed E-state index contributed by atoms with van der Waals surface area (Å²) in [5.41, 5.74) is 1.87. The topological polar surface area (TPSA) is 101 Å². The number of nitriles is 1. The largest absolute Gasteiger partial charge is 0.458 e. The first-order chi connectivity index (χ1) is 17.7. The predicted molar refractivity (Wildman–Crippen MR) is 144 cm³/mol. The Labute approximate surface area is 216 Å². The minimum Gasteiger partial charge on any atom is -0.458 e. The number of carbonyl (C=O) groups excluding carboxylic acids is 1. The fourth-order valence-corrected chi connectivity index (χ4v) is 3.76. The third-order valence-electron chi connectivity index (χ3n) is 4.51. The van der Waals surface area contributed by atoms with Crippen molar-refractivity contribution in [1.82, 2.24) is 15.0 Å². The molecule has 0 aliphatic heterocycles. The van der Waals surface area contributed by atoms with Gasteiger partial charge in [0.05, 0.1) is 10.6 Å². The highest BCUT2D eigenvalue weighted by Gasteiger charge is 2.28. The lowest BCUT2D eigenvalue weighted by atomic mass is 10.1. The van der Waals surface area contributed by atoms with Gasteiger partial charge in [-0.2, -0.15) is 5.26 Å². The summed E-state index contributed by atoms with van der Waals surface area (Å²) in [7, 11) is 0. The highest BCUT2D eigenvalue weighted by Crippen LogP contribution is 2.35. The van der Waals surface area contributed by atoms with Crippen LogP contribution in [-0.2, 0) is 9.53 Å². The number of aromatic nitrogens is 3. The van der Waals surface area contributed by atoms with E-state index >= 15 is 0 Å². The summed E-state index contributed by atoms with van der Waals surface area (Å²) >= 11 is 1.50. The van der Waals surface area contributed by atoms with Crippen molar-refractivity contribution in [3.63, 3.8) is 0 Å². The Morgan fingerprint density at radius 1 is 1.19 bits per heavy atom. The van der Waals surface area contributed by atoms with Crippen LogP contribution in [0.4, 0.5) is 0 Å². The molecular weight excluding hydrogens is 472 g/mol. The molecule has 3 heterocycles. The Morgan fingerprint density at radius 3 is 2.53 bits per heavy atom. The fourth-order valence-electron chi connectivity index (χ4n) is 3.07. The van der Waals surface area contributed by atoms with E-state index in [9.17, 15) is 10.1 Å². The number of carbonyl (C=O) groups is 1. The highest BCUT2D eigenvalue weighted by atomic mass is 32.1. The van der Waals surface area contributed by atoms with E-state index in [1.165, 1.54) is 17.4 Å². The highest BCUT2D eigenvalue weighted by molar-refractivity contribution is 7.13. The molecule has 7 nitrogen and oxygen atoms in total. The van der Waals surface area contributed by atoms with Crippen LogP contribution >= 0.6 is 11.3 Å². The van der Waals surface area contributed by atoms with Crippen LogP contribution in [0.1, 0.15) is 44.9 Å². The molecule has 0 spiro atoms. The third kappa shape index (κ3) is 6.90. The zero-order valence-corrected chi connectivity index (χ0v) is 21.7. The van der Waals surface area contributed by atoms with Gasteiger partial charge in [0.2, 0.25) is 12.0 Å². The molecule has 1 aromatic carbocycles. The number of pyridine rings is 1. The first-order valence-corrected chi connectivity index (χ1v) is 12.6. The fraction of sp³-hybridized carbons (Fsp3) is 0.214. The van der Waals surface area contributed by atoms with Crippen LogP contribution in [-0.4, -0.2) is 27.5 Å². The van der Waals surface area contributed by atoms with Gasteiger partial charge < -0.3 is 14.5 Å². The van der Waals surface area contributed by atoms with E-state index in [1.54, 1.807) is 42.7 Å². The number of rotatable bonds is 8. The lowest BCUT2D eigenvalue weighted by Crippen LogP contribution is -2.22. The number of nitrogens with zero attached hydrogens (tertiary/aromatic N) is 3. The molecule has 0 bridgehead atoms. The Kier molecular flexibility index (Phi) is 11.6. The first-order valence-electron chi connectivity index (χ1n) is 11.7. The monoisotopic (exact) mass is 502 g/mol. The van der Waals surface area contributed by atoms with Gasteiger partial charge in [-0.25, -0.2) is 14.8 Å². The third-order valence-corrected chi connectivity index (χ3v) is 5.41. The maximum Gasteiger partial charge on any atom is 0.352 e. The number of aromatic amines is 1. The number of H-pyrrole nitrogens is 1. The van der Waals surface area contributed by atoms with E-state index in [1.807, 2.05) is 51.3 Å². The van der Waals surface area contributed by atoms with E-state index in [0.717, 1.165) is 4.88 Å². The molecule has 0 saturated carbocycles. The van der Waals surface area contributed by atoms with E-state index in [-0.39, 0.29) is 18.1 Å². The summed E-state index contributed by atoms with van der Waals surface area (Å²) in [6, 6.07) is 16.7. The SMILES string of the molecule is C=CCOC(=O)C(Oc1nc(-c2cccs2)cc(-c2ncc[nH]2)c1C#N)c1ccccc1.CC.CC. The Bertz CT molecular complexity index is 1250. The van der Waals surface area contributed by atoms with Crippen molar-refractivity contribution in [1.29, 1.82) is 5.26 Å². The zero-order chi connectivity index (χ0) is 26.3. The average Bonchev–Trinajstić information content (AvgIpc) is 3.68. The van der Waals surface area contributed by atoms with Crippen molar-refractivity contribution in [2.24, 2.45) is 0 Å². The van der Waals surface area contributed by atoms with Crippen molar-refractivity contribution in [3.05, 3.63) is 90.1 Å². The molecular formula is C28H30N4O3S. The van der Waals surface area contributed by atoms with Crippen molar-refractivity contribution >= 4 is 17.3 Å². The molecule has 0 aliphatic rings. The van der Waals surface area contributed by atoms with Gasteiger partial charge in [0.1, 0.15) is 24.1 Å². The average molecular weight is 503 g/mol. The summed E-state index contributed by atoms with van der Waals surface area (Å²) in [6.45, 7) is 11.6. The molecule has 1 N–H and O–H groups in total. The molecule has 1 unspecified atom stereocenters. The summed E-state index contributed by atoms with van der Waals surface area (Å²) in [6.07, 6.45) is 3.63. The smallest absolute Gasteiger partial charge is 0.352 e. The summed E-state index contributed by atoms with van der Waals surface area (Å²) in [5.74, 6) is -0.0887. The number of hydrogen-bond acceptors (Lipinski definition) is 7. The van der Waals surface area contributed by atoms with Crippen molar-refractivity contribution < 1.29 is 14.3 Å². The first kappa shape index (κ1) is 28.0. The second-order valence-corrected chi connectivity index (χ2v) is 7.54. The van der Waals surface area contributed by atoms with Crippen LogP contribution in [0.3, 0.4) is 0 Å². The number of nitrogens with one attached hydrogen (secondary N) is 1. The van der Waals surface area contributed by atoms with Gasteiger partial charge in [0.15, 0.2) is 0 Å². The van der Waals surface area contributed by atoms with Crippen molar-refractivity contribution in [2.45, 2.75) is 33.8 Å². The molecule has 8 heteroatoms. The maximum absolute atomic E-state index is 12.8. The summed E-state index contributed by atoms with van der Waals surface area (Å²) in [5, 5.41) is 11.9. The number of ether oxygens (including phenoxy) is 2. The molecule has 186 valence electrons. The molecule has 0 amide bonds. The number of thiophene rings is 1. The van der Waals surface area contributed by atoms with Crippen LogP contribution in [0.5, 0.6) is 5.88 Å². The normalized spacial score (nSPS) is 10.4. The molecule has 1 atom stereocenters. The van der Waals surface area contributed by atoms with E-state index in [0.29, 0.717) is 22.6 Å². The molecule has 3 aromatic heterocycles. The van der Waals surface area contributed by atoms with Crippen molar-refractivity contribution in [2.75, 3.05) is 6.61 Å². The maximum atomic E-state index is 12.8. The molecule has 4 aromatic rings. The molecule has 0 saturated heterocycles. The van der Waals surface area contributed by atoms with E-state index in [4.69, 9.17) is 9.47 Å². The number of hydrogen-bond donors (Lipinski definition) is 1. The minimum atomic E-state index is -1.11. The predicted octanol–water partition coefficient (Wildman–Crippen LogP) is 6.97. The van der Waals surface area contributed by atoms with Gasteiger partial charge in [-0.1, -0.05) is 76.7 Å². The summed E-state index contributed by atoms with van der Waals surface area (Å²) < 4.78 is 11.3. The lowest BCUT2D eigenvalue weighted by Gasteiger charge is -2.19. The minimum absolute atomic E-state index is 0.0224. The van der Waals surface area contributed by atoms with Gasteiger partial charge in [-0.3, -0.25) is 0 Å². The zero-order valence-electron chi connectivity index (χ0n) is 20.9. The molecule has 36 heavy (non-hydrogen) atoms. The standard InChI is InChI=1S/C24H18N4O3S.2C2H6/c1-2-12-30-24(29)21(16-7-4-3-5-8-16)31-23-18(15-25)17(22-26-10-11-27-22)14-19(28-23)20-9-6-13-32-20;2*1-2/h2-11,13-14,21H,1,12H2,(H,26,27);2*1-2H3. The van der Waals surface area contributed by atoms with Gasteiger partial charge in [0, 0.05) is 23.5 Å². The van der Waals surface area contributed by atoms with Crippen LogP contribution < -0.4 is 4.74 Å². The van der Waals surface area contributed by atoms with Gasteiger partial charge in [-0.05, 0) is 17.5 Å². The Balaban J connectivity index is 0.00000109. The lowest BCUT2D eigenvalue weighted by molar-refractivity contribution is -0.151. The van der Waals surface area contributed by atoms with Crippen LogP contribution in [0.15, 0.2) is 79.0 Å². The van der Waals surface area contributed by atoms with Gasteiger partial charge in [-0.15, -0.1) is 11.3 Å². The van der Waals surface area contributed by atoms with E-state index in [2.05, 4.69) is 27.6 Å². The van der Waals surface area contributed by atoms with E-state index < -0.39 is 12.1 Å². The molecule has 0 fully saturated rings. The second kappa shape index (κ2) is 14.9. The Morgan fingerprint density at radius 2 is 1.94 bits per heavy atom. The van der Waals surface area contributed by atoms with Crippen molar-refractivity contribution in [3.8, 4) is 33.9 Å². The summed E-state index contributed by atoms with van der Waals surface area (Å²) in [4.78, 5) is 25.6. The van der Waals surface area contributed by atoms with Gasteiger partial charge in [0.25, 0.3) is 0 Å². The Hall–Kier alpha value is -4.22. The number of imidazole rings is 1. The van der Waals surface area contributed by atoms with Crippen LogP contribution in [0.25, 0.3) is 22.0 Å². The number of esters is 1. The molecule has 0 radical (unpaired) electrons.